The van der Waals surface area contributed by atoms with Gasteiger partial charge in [0, 0.05) is 57.1 Å². The molecule has 0 spiro atoms. The second kappa shape index (κ2) is 8.98. The van der Waals surface area contributed by atoms with E-state index in [1.54, 1.807) is 0 Å². The van der Waals surface area contributed by atoms with E-state index in [1.165, 1.54) is 12.8 Å². The van der Waals surface area contributed by atoms with Gasteiger partial charge >= 0.3 is 0 Å². The van der Waals surface area contributed by atoms with Crippen LogP contribution in [0.1, 0.15) is 66.0 Å². The second-order valence-electron chi connectivity index (χ2n) is 9.12. The van der Waals surface area contributed by atoms with Crippen LogP contribution in [0.2, 0.25) is 0 Å². The van der Waals surface area contributed by atoms with Crippen molar-refractivity contribution in [2.24, 2.45) is 0 Å². The third-order valence-electron chi connectivity index (χ3n) is 6.62. The minimum Gasteiger partial charge on any atom is -0.336 e. The zero-order valence-electron chi connectivity index (χ0n) is 19.1. The number of amides is 1. The molecule has 0 bridgehead atoms. The Morgan fingerprint density at radius 3 is 2.66 bits per heavy atom. The first-order valence-electron chi connectivity index (χ1n) is 11.9. The average Bonchev–Trinajstić information content (AvgIpc) is 3.62. The predicted molar refractivity (Wildman–Crippen MR) is 125 cm³/mol. The molecule has 7 nitrogen and oxygen atoms in total. The maximum Gasteiger partial charge on any atom is 0.254 e. The summed E-state index contributed by atoms with van der Waals surface area (Å²) in [6, 6.07) is 8.08. The number of aryl methyl sites for hydroxylation is 2. The first-order chi connectivity index (χ1) is 15.6. The minimum atomic E-state index is 0.120. The molecule has 1 aliphatic heterocycles. The monoisotopic (exact) mass is 432 g/mol. The lowest BCUT2D eigenvalue weighted by Crippen LogP contribution is -2.48. The molecule has 0 aromatic carbocycles. The van der Waals surface area contributed by atoms with Gasteiger partial charge in [0.05, 0.1) is 22.3 Å². The third kappa shape index (κ3) is 4.26. The number of rotatable bonds is 7. The van der Waals surface area contributed by atoms with Crippen LogP contribution in [0.3, 0.4) is 0 Å². The topological polar surface area (TPSA) is 67.2 Å². The molecule has 1 saturated heterocycles. The van der Waals surface area contributed by atoms with E-state index >= 15 is 0 Å². The lowest BCUT2D eigenvalue weighted by Gasteiger charge is -2.34. The van der Waals surface area contributed by atoms with Crippen molar-refractivity contribution < 1.29 is 4.79 Å². The summed E-state index contributed by atoms with van der Waals surface area (Å²) >= 11 is 0. The molecular weight excluding hydrogens is 400 g/mol. The number of hydrogen-bond donors (Lipinski definition) is 0. The molecule has 2 aliphatic rings. The summed E-state index contributed by atoms with van der Waals surface area (Å²) < 4.78 is 2.02. The molecule has 1 saturated carbocycles. The maximum absolute atomic E-state index is 13.7. The van der Waals surface area contributed by atoms with Crippen molar-refractivity contribution in [1.82, 2.24) is 29.5 Å². The van der Waals surface area contributed by atoms with Crippen LogP contribution in [0, 0.1) is 6.92 Å². The van der Waals surface area contributed by atoms with Crippen molar-refractivity contribution in [2.45, 2.75) is 58.5 Å². The zero-order chi connectivity index (χ0) is 22.1. The largest absolute Gasteiger partial charge is 0.336 e. The highest BCUT2D eigenvalue weighted by atomic mass is 16.2. The smallest absolute Gasteiger partial charge is 0.254 e. The highest BCUT2D eigenvalue weighted by molar-refractivity contribution is 6.06. The van der Waals surface area contributed by atoms with Crippen molar-refractivity contribution in [1.29, 1.82) is 0 Å². The lowest BCUT2D eigenvalue weighted by atomic mass is 10.1. The summed E-state index contributed by atoms with van der Waals surface area (Å²) in [5, 5.41) is 5.70. The fourth-order valence-corrected chi connectivity index (χ4v) is 4.59. The Balaban J connectivity index is 1.38. The fraction of sp³-hybridized carbons (Fsp3) is 0.520. The van der Waals surface area contributed by atoms with Crippen molar-refractivity contribution in [2.75, 3.05) is 26.2 Å². The van der Waals surface area contributed by atoms with E-state index in [2.05, 4.69) is 28.9 Å². The van der Waals surface area contributed by atoms with Crippen molar-refractivity contribution >= 4 is 16.9 Å². The second-order valence-corrected chi connectivity index (χ2v) is 9.12. The minimum absolute atomic E-state index is 0.120. The molecule has 3 aromatic rings. The summed E-state index contributed by atoms with van der Waals surface area (Å²) in [6.07, 6.45) is 6.34. The van der Waals surface area contributed by atoms with Gasteiger partial charge in [0.2, 0.25) is 0 Å². The van der Waals surface area contributed by atoms with E-state index in [-0.39, 0.29) is 5.91 Å². The lowest BCUT2D eigenvalue weighted by molar-refractivity contribution is 0.0628. The highest BCUT2D eigenvalue weighted by Gasteiger charge is 2.31. The van der Waals surface area contributed by atoms with Gasteiger partial charge in [0.25, 0.3) is 5.91 Å². The van der Waals surface area contributed by atoms with Crippen LogP contribution in [0.25, 0.3) is 11.0 Å². The summed E-state index contributed by atoms with van der Waals surface area (Å²) in [5.74, 6) is 0.617. The SMILES string of the molecule is CCCCn1nc(C)c2c(C(=O)N3CCN(Cc4ccccn4)CC3)cc(C3CC3)nc21. The number of hydrogen-bond acceptors (Lipinski definition) is 5. The first kappa shape index (κ1) is 21.1. The number of piperazine rings is 1. The van der Waals surface area contributed by atoms with E-state index in [4.69, 9.17) is 10.1 Å². The molecule has 0 atom stereocenters. The summed E-state index contributed by atoms with van der Waals surface area (Å²) in [4.78, 5) is 27.5. The predicted octanol–water partition coefficient (Wildman–Crippen LogP) is 3.77. The van der Waals surface area contributed by atoms with Crippen LogP contribution in [0.15, 0.2) is 30.5 Å². The van der Waals surface area contributed by atoms with Gasteiger partial charge in [0.15, 0.2) is 5.65 Å². The van der Waals surface area contributed by atoms with Crippen LogP contribution in [0.4, 0.5) is 0 Å². The van der Waals surface area contributed by atoms with E-state index in [0.717, 1.165) is 85.8 Å². The molecular formula is C25H32N6O. The van der Waals surface area contributed by atoms with Gasteiger partial charge in [-0.05, 0) is 44.4 Å². The Hall–Kier alpha value is -2.80. The van der Waals surface area contributed by atoms with Gasteiger partial charge in [-0.25, -0.2) is 9.67 Å². The molecule has 0 unspecified atom stereocenters. The van der Waals surface area contributed by atoms with E-state index < -0.39 is 0 Å². The van der Waals surface area contributed by atoms with E-state index in [1.807, 2.05) is 34.8 Å². The van der Waals surface area contributed by atoms with Gasteiger partial charge < -0.3 is 4.90 Å². The number of carbonyl (C=O) groups excluding carboxylic acids is 1. The quantitative estimate of drug-likeness (QED) is 0.569. The van der Waals surface area contributed by atoms with Gasteiger partial charge in [-0.1, -0.05) is 19.4 Å². The number of fused-ring (bicyclic) bond motifs is 1. The normalized spacial score (nSPS) is 17.2. The van der Waals surface area contributed by atoms with Crippen LogP contribution < -0.4 is 0 Å². The fourth-order valence-electron chi connectivity index (χ4n) is 4.59. The molecule has 1 aliphatic carbocycles. The van der Waals surface area contributed by atoms with Crippen LogP contribution in [-0.4, -0.2) is 61.6 Å². The molecule has 0 N–H and O–H groups in total. The molecule has 3 aromatic heterocycles. The Labute approximate surface area is 189 Å². The molecule has 7 heteroatoms. The zero-order valence-corrected chi connectivity index (χ0v) is 19.1. The Kier molecular flexibility index (Phi) is 5.91. The van der Waals surface area contributed by atoms with Crippen LogP contribution in [-0.2, 0) is 13.1 Å². The Morgan fingerprint density at radius 1 is 1.16 bits per heavy atom. The molecule has 4 heterocycles. The number of nitrogens with zero attached hydrogens (tertiary/aromatic N) is 6. The van der Waals surface area contributed by atoms with E-state index in [0.29, 0.717) is 5.92 Å². The van der Waals surface area contributed by atoms with Gasteiger partial charge in [-0.3, -0.25) is 14.7 Å². The Morgan fingerprint density at radius 2 is 1.97 bits per heavy atom. The van der Waals surface area contributed by atoms with E-state index in [9.17, 15) is 4.79 Å². The molecule has 1 amide bonds. The van der Waals surface area contributed by atoms with Crippen molar-refractivity contribution in [3.63, 3.8) is 0 Å². The van der Waals surface area contributed by atoms with Gasteiger partial charge in [0.1, 0.15) is 0 Å². The third-order valence-corrected chi connectivity index (χ3v) is 6.62. The average molecular weight is 433 g/mol. The molecule has 5 rings (SSSR count). The standard InChI is InChI=1S/C25H32N6O/c1-3-4-11-31-24-23(18(2)28-31)21(16-22(27-24)19-8-9-19)25(32)30-14-12-29(13-15-30)17-20-7-5-6-10-26-20/h5-7,10,16,19H,3-4,8-9,11-15,17H2,1-2H3. The van der Waals surface area contributed by atoms with Crippen LogP contribution in [0.5, 0.6) is 0 Å². The highest BCUT2D eigenvalue weighted by Crippen LogP contribution is 2.40. The molecule has 32 heavy (non-hydrogen) atoms. The first-order valence-corrected chi connectivity index (χ1v) is 11.9. The number of aromatic nitrogens is 4. The van der Waals surface area contributed by atoms with Gasteiger partial charge in [-0.15, -0.1) is 0 Å². The molecule has 168 valence electrons. The van der Waals surface area contributed by atoms with Crippen molar-refractivity contribution in [3.8, 4) is 0 Å². The van der Waals surface area contributed by atoms with Gasteiger partial charge in [-0.2, -0.15) is 5.10 Å². The summed E-state index contributed by atoms with van der Waals surface area (Å²) in [6.45, 7) is 9.06. The maximum atomic E-state index is 13.7. The Bertz CT molecular complexity index is 1100. The summed E-state index contributed by atoms with van der Waals surface area (Å²) in [5.41, 5.74) is 4.72. The summed E-state index contributed by atoms with van der Waals surface area (Å²) in [7, 11) is 0. The van der Waals surface area contributed by atoms with Crippen LogP contribution >= 0.6 is 0 Å². The number of pyridine rings is 2. The number of carbonyl (C=O) groups is 1. The van der Waals surface area contributed by atoms with Crippen molar-refractivity contribution in [3.05, 3.63) is 53.1 Å². The molecule has 0 radical (unpaired) electrons. The molecule has 2 fully saturated rings. The number of unbranched alkanes of at least 4 members (excludes halogenated alkanes) is 1.